The van der Waals surface area contributed by atoms with Crippen LogP contribution in [-0.4, -0.2) is 32.1 Å². The predicted molar refractivity (Wildman–Crippen MR) is 67.8 cm³/mol. The van der Waals surface area contributed by atoms with Crippen molar-refractivity contribution in [2.24, 2.45) is 0 Å². The van der Waals surface area contributed by atoms with Crippen molar-refractivity contribution in [2.45, 2.75) is 12.6 Å². The van der Waals surface area contributed by atoms with E-state index in [9.17, 15) is 13.2 Å². The summed E-state index contributed by atoms with van der Waals surface area (Å²) in [5.41, 5.74) is -0.771. The van der Waals surface area contributed by atoms with Crippen LogP contribution >= 0.6 is 0 Å². The summed E-state index contributed by atoms with van der Waals surface area (Å²) in [4.78, 5) is 1.96. The second-order valence-corrected chi connectivity index (χ2v) is 4.45. The molecule has 0 aliphatic heterocycles. The van der Waals surface area contributed by atoms with Crippen molar-refractivity contribution >= 4 is 5.69 Å². The van der Waals surface area contributed by atoms with Gasteiger partial charge in [-0.3, -0.25) is 0 Å². The van der Waals surface area contributed by atoms with Gasteiger partial charge < -0.3 is 10.2 Å². The Hall–Kier alpha value is -1.74. The number of anilines is 1. The molecule has 0 aliphatic rings. The smallest absolute Gasteiger partial charge is 0.385 e. The number of halogens is 3. The summed E-state index contributed by atoms with van der Waals surface area (Å²) in [6, 6.07) is 5.26. The van der Waals surface area contributed by atoms with E-state index in [-0.39, 0.29) is 11.3 Å². The third kappa shape index (κ3) is 4.79. The van der Waals surface area contributed by atoms with Crippen molar-refractivity contribution in [3.63, 3.8) is 0 Å². The van der Waals surface area contributed by atoms with E-state index in [1.54, 1.807) is 6.07 Å². The van der Waals surface area contributed by atoms with Gasteiger partial charge in [0.2, 0.25) is 0 Å². The van der Waals surface area contributed by atoms with Gasteiger partial charge in [-0.1, -0.05) is 0 Å². The molecule has 0 fully saturated rings. The SMILES string of the molecule is CN(C)CCCNc1ccc(C#N)cc1C(F)(F)F. The van der Waals surface area contributed by atoms with Gasteiger partial charge >= 0.3 is 6.18 Å². The lowest BCUT2D eigenvalue weighted by Crippen LogP contribution is -2.17. The van der Waals surface area contributed by atoms with Gasteiger partial charge in [0.25, 0.3) is 0 Å². The van der Waals surface area contributed by atoms with Gasteiger partial charge in [-0.2, -0.15) is 18.4 Å². The Bertz CT molecular complexity index is 461. The maximum Gasteiger partial charge on any atom is 0.418 e. The molecule has 0 saturated heterocycles. The zero-order chi connectivity index (χ0) is 14.5. The zero-order valence-electron chi connectivity index (χ0n) is 10.9. The largest absolute Gasteiger partial charge is 0.418 e. The first-order valence-electron chi connectivity index (χ1n) is 5.84. The van der Waals surface area contributed by atoms with Gasteiger partial charge in [-0.05, 0) is 45.3 Å². The second-order valence-electron chi connectivity index (χ2n) is 4.45. The summed E-state index contributed by atoms with van der Waals surface area (Å²) in [6.45, 7) is 1.25. The fourth-order valence-corrected chi connectivity index (χ4v) is 1.62. The van der Waals surface area contributed by atoms with E-state index in [1.165, 1.54) is 12.1 Å². The minimum atomic E-state index is -4.46. The van der Waals surface area contributed by atoms with Crippen molar-refractivity contribution in [3.05, 3.63) is 29.3 Å². The molecule has 0 amide bonds. The molecule has 0 aromatic heterocycles. The number of benzene rings is 1. The number of alkyl halides is 3. The summed E-state index contributed by atoms with van der Waals surface area (Å²) >= 11 is 0. The van der Waals surface area contributed by atoms with Gasteiger partial charge in [0.15, 0.2) is 0 Å². The van der Waals surface area contributed by atoms with Gasteiger partial charge in [-0.25, -0.2) is 0 Å². The highest BCUT2D eigenvalue weighted by atomic mass is 19.4. The molecule has 1 N–H and O–H groups in total. The van der Waals surface area contributed by atoms with Gasteiger partial charge in [-0.15, -0.1) is 0 Å². The molecular formula is C13H16F3N3. The van der Waals surface area contributed by atoms with Crippen LogP contribution in [0.25, 0.3) is 0 Å². The van der Waals surface area contributed by atoms with Crippen LogP contribution in [0.4, 0.5) is 18.9 Å². The van der Waals surface area contributed by atoms with E-state index in [2.05, 4.69) is 5.32 Å². The van der Waals surface area contributed by atoms with E-state index in [0.717, 1.165) is 19.0 Å². The van der Waals surface area contributed by atoms with Crippen molar-refractivity contribution in [1.82, 2.24) is 4.90 Å². The highest BCUT2D eigenvalue weighted by Gasteiger charge is 2.33. The lowest BCUT2D eigenvalue weighted by atomic mass is 10.1. The Morgan fingerprint density at radius 3 is 2.53 bits per heavy atom. The maximum atomic E-state index is 12.8. The lowest BCUT2D eigenvalue weighted by Gasteiger charge is -2.15. The molecule has 0 heterocycles. The molecule has 1 rings (SSSR count). The molecule has 3 nitrogen and oxygen atoms in total. The third-order valence-corrected chi connectivity index (χ3v) is 2.55. The predicted octanol–water partition coefficient (Wildman–Crippen LogP) is 2.94. The number of hydrogen-bond acceptors (Lipinski definition) is 3. The van der Waals surface area contributed by atoms with Gasteiger partial charge in [0, 0.05) is 12.2 Å². The van der Waals surface area contributed by atoms with Crippen molar-refractivity contribution in [1.29, 1.82) is 5.26 Å². The standard InChI is InChI=1S/C13H16F3N3/c1-19(2)7-3-6-18-12-5-4-10(9-17)8-11(12)13(14,15)16/h4-5,8,18H,3,6-7H2,1-2H3. The van der Waals surface area contributed by atoms with Crippen LogP contribution in [0.3, 0.4) is 0 Å². The van der Waals surface area contributed by atoms with E-state index in [4.69, 9.17) is 5.26 Å². The molecule has 6 heteroatoms. The monoisotopic (exact) mass is 271 g/mol. The van der Waals surface area contributed by atoms with E-state index < -0.39 is 11.7 Å². The Labute approximate surface area is 110 Å². The van der Waals surface area contributed by atoms with Crippen LogP contribution < -0.4 is 5.32 Å². The van der Waals surface area contributed by atoms with Gasteiger partial charge in [0.1, 0.15) is 0 Å². The van der Waals surface area contributed by atoms with Crippen LogP contribution in [0.2, 0.25) is 0 Å². The van der Waals surface area contributed by atoms with Crippen LogP contribution in [0.5, 0.6) is 0 Å². The molecule has 0 unspecified atom stereocenters. The zero-order valence-corrected chi connectivity index (χ0v) is 10.9. The second kappa shape index (κ2) is 6.43. The molecule has 1 aromatic rings. The first kappa shape index (κ1) is 15.3. The van der Waals surface area contributed by atoms with E-state index in [0.29, 0.717) is 6.54 Å². The topological polar surface area (TPSA) is 39.1 Å². The third-order valence-electron chi connectivity index (χ3n) is 2.55. The normalized spacial score (nSPS) is 11.4. The van der Waals surface area contributed by atoms with Crippen LogP contribution in [-0.2, 0) is 6.18 Å². The molecule has 0 radical (unpaired) electrons. The highest BCUT2D eigenvalue weighted by Crippen LogP contribution is 2.35. The average molecular weight is 271 g/mol. The molecule has 0 bridgehead atoms. The van der Waals surface area contributed by atoms with Crippen molar-refractivity contribution in [3.8, 4) is 6.07 Å². The molecule has 0 spiro atoms. The summed E-state index contributed by atoms with van der Waals surface area (Å²) < 4.78 is 38.5. The molecule has 0 aliphatic carbocycles. The summed E-state index contributed by atoms with van der Waals surface area (Å²) in [6.07, 6.45) is -3.72. The fraction of sp³-hybridized carbons (Fsp3) is 0.462. The molecule has 104 valence electrons. The fourth-order valence-electron chi connectivity index (χ4n) is 1.62. The number of nitrogens with one attached hydrogen (secondary N) is 1. The quantitative estimate of drug-likeness (QED) is 0.837. The average Bonchev–Trinajstić information content (AvgIpc) is 2.33. The van der Waals surface area contributed by atoms with Crippen molar-refractivity contribution in [2.75, 3.05) is 32.5 Å². The molecule has 1 aromatic carbocycles. The first-order valence-corrected chi connectivity index (χ1v) is 5.84. The van der Waals surface area contributed by atoms with E-state index >= 15 is 0 Å². The number of rotatable bonds is 5. The lowest BCUT2D eigenvalue weighted by molar-refractivity contribution is -0.137. The molecule has 0 atom stereocenters. The molecular weight excluding hydrogens is 255 g/mol. The number of nitriles is 1. The summed E-state index contributed by atoms with van der Waals surface area (Å²) in [5.74, 6) is 0. The first-order chi connectivity index (χ1) is 8.84. The van der Waals surface area contributed by atoms with Crippen LogP contribution in [0.1, 0.15) is 17.5 Å². The maximum absolute atomic E-state index is 12.8. The van der Waals surface area contributed by atoms with Crippen molar-refractivity contribution < 1.29 is 13.2 Å². The van der Waals surface area contributed by atoms with Crippen LogP contribution in [0, 0.1) is 11.3 Å². The number of nitrogens with zero attached hydrogens (tertiary/aromatic N) is 2. The summed E-state index contributed by atoms with van der Waals surface area (Å²) in [5, 5.41) is 11.4. The summed E-state index contributed by atoms with van der Waals surface area (Å²) in [7, 11) is 3.81. The Morgan fingerprint density at radius 2 is 2.00 bits per heavy atom. The van der Waals surface area contributed by atoms with Crippen LogP contribution in [0.15, 0.2) is 18.2 Å². The highest BCUT2D eigenvalue weighted by molar-refractivity contribution is 5.56. The Morgan fingerprint density at radius 1 is 1.32 bits per heavy atom. The minimum absolute atomic E-state index is 0.00571. The molecule has 0 saturated carbocycles. The Kier molecular flexibility index (Phi) is 5.19. The van der Waals surface area contributed by atoms with Gasteiger partial charge in [0.05, 0.1) is 17.2 Å². The van der Waals surface area contributed by atoms with E-state index in [1.807, 2.05) is 19.0 Å². The minimum Gasteiger partial charge on any atom is -0.385 e. The molecule has 19 heavy (non-hydrogen) atoms. The number of hydrogen-bond donors (Lipinski definition) is 1. The Balaban J connectivity index is 2.80.